The van der Waals surface area contributed by atoms with Crippen LogP contribution in [0.4, 0.5) is 11.4 Å². The van der Waals surface area contributed by atoms with Crippen molar-refractivity contribution in [3.8, 4) is 5.75 Å². The van der Waals surface area contributed by atoms with Crippen molar-refractivity contribution in [2.45, 2.75) is 20.4 Å². The van der Waals surface area contributed by atoms with E-state index >= 15 is 0 Å². The van der Waals surface area contributed by atoms with Gasteiger partial charge in [-0.3, -0.25) is 19.7 Å². The van der Waals surface area contributed by atoms with Crippen LogP contribution >= 0.6 is 0 Å². The molecule has 0 saturated heterocycles. The highest BCUT2D eigenvalue weighted by molar-refractivity contribution is 5.97. The summed E-state index contributed by atoms with van der Waals surface area (Å²) in [5, 5.41) is 16.4. The van der Waals surface area contributed by atoms with Crippen LogP contribution in [0.5, 0.6) is 5.75 Å². The summed E-state index contributed by atoms with van der Waals surface area (Å²) in [5.74, 6) is -0.490. The van der Waals surface area contributed by atoms with Crippen molar-refractivity contribution in [2.24, 2.45) is 5.92 Å². The highest BCUT2D eigenvalue weighted by atomic mass is 16.6. The Morgan fingerprint density at radius 3 is 2.56 bits per heavy atom. The summed E-state index contributed by atoms with van der Waals surface area (Å²) in [6, 6.07) is 10.9. The standard InChI is InChI=1S/C19H21N3O5/c1-12(2)18(23)21-14-6-4-5-13(9-14)11-20-19(24)16-10-15(22(25)26)7-8-17(16)27-3/h4-10,12H,11H2,1-3H3,(H,20,24)(H,21,23). The van der Waals surface area contributed by atoms with Crippen LogP contribution in [0.25, 0.3) is 0 Å². The van der Waals surface area contributed by atoms with E-state index in [0.29, 0.717) is 5.69 Å². The summed E-state index contributed by atoms with van der Waals surface area (Å²) in [7, 11) is 1.39. The number of hydrogen-bond donors (Lipinski definition) is 2. The van der Waals surface area contributed by atoms with Gasteiger partial charge in [-0.05, 0) is 23.8 Å². The third-order valence-electron chi connectivity index (χ3n) is 3.81. The van der Waals surface area contributed by atoms with Gasteiger partial charge in [-0.2, -0.15) is 0 Å². The van der Waals surface area contributed by atoms with Crippen LogP contribution in [0.15, 0.2) is 42.5 Å². The van der Waals surface area contributed by atoms with Crippen LogP contribution in [-0.2, 0) is 11.3 Å². The molecule has 0 saturated carbocycles. The lowest BCUT2D eigenvalue weighted by Crippen LogP contribution is -2.23. The number of nitro groups is 1. The van der Waals surface area contributed by atoms with E-state index in [1.165, 1.54) is 25.3 Å². The molecule has 2 aromatic rings. The summed E-state index contributed by atoms with van der Waals surface area (Å²) >= 11 is 0. The van der Waals surface area contributed by atoms with E-state index in [9.17, 15) is 19.7 Å². The molecular weight excluding hydrogens is 350 g/mol. The molecule has 0 aromatic heterocycles. The number of non-ortho nitro benzene ring substituents is 1. The Morgan fingerprint density at radius 1 is 1.19 bits per heavy atom. The van der Waals surface area contributed by atoms with Gasteiger partial charge >= 0.3 is 0 Å². The molecule has 0 aliphatic heterocycles. The zero-order valence-corrected chi connectivity index (χ0v) is 15.3. The first kappa shape index (κ1) is 19.9. The number of anilines is 1. The first-order chi connectivity index (χ1) is 12.8. The third kappa shape index (κ3) is 5.27. The zero-order chi connectivity index (χ0) is 20.0. The van der Waals surface area contributed by atoms with Gasteiger partial charge in [0.15, 0.2) is 0 Å². The molecule has 0 aliphatic carbocycles. The number of ether oxygens (including phenoxy) is 1. The molecule has 0 atom stereocenters. The molecule has 2 rings (SSSR count). The van der Waals surface area contributed by atoms with Gasteiger partial charge in [0.2, 0.25) is 5.91 Å². The number of carbonyl (C=O) groups is 2. The lowest BCUT2D eigenvalue weighted by Gasteiger charge is -2.11. The van der Waals surface area contributed by atoms with E-state index in [1.807, 2.05) is 0 Å². The minimum absolute atomic E-state index is 0.0796. The van der Waals surface area contributed by atoms with Crippen LogP contribution in [-0.4, -0.2) is 23.8 Å². The van der Waals surface area contributed by atoms with Gasteiger partial charge in [-0.25, -0.2) is 0 Å². The quantitative estimate of drug-likeness (QED) is 0.574. The van der Waals surface area contributed by atoms with Crippen LogP contribution in [0.3, 0.4) is 0 Å². The molecule has 0 fully saturated rings. The Morgan fingerprint density at radius 2 is 1.93 bits per heavy atom. The molecule has 2 aromatic carbocycles. The van der Waals surface area contributed by atoms with Gasteiger partial charge in [0.25, 0.3) is 11.6 Å². The SMILES string of the molecule is COc1ccc([N+](=O)[O-])cc1C(=O)NCc1cccc(NC(=O)C(C)C)c1. The van der Waals surface area contributed by atoms with Gasteiger partial charge in [0.1, 0.15) is 5.75 Å². The highest BCUT2D eigenvalue weighted by Crippen LogP contribution is 2.24. The number of rotatable bonds is 7. The lowest BCUT2D eigenvalue weighted by molar-refractivity contribution is -0.384. The van der Waals surface area contributed by atoms with Crippen molar-refractivity contribution in [1.82, 2.24) is 5.32 Å². The molecule has 0 spiro atoms. The smallest absolute Gasteiger partial charge is 0.270 e. The van der Waals surface area contributed by atoms with Crippen molar-refractivity contribution in [3.05, 3.63) is 63.7 Å². The number of methoxy groups -OCH3 is 1. The normalized spacial score (nSPS) is 10.4. The minimum Gasteiger partial charge on any atom is -0.496 e. The summed E-state index contributed by atoms with van der Waals surface area (Å²) < 4.78 is 5.11. The molecule has 0 radical (unpaired) electrons. The summed E-state index contributed by atoms with van der Waals surface area (Å²) in [4.78, 5) is 34.6. The Labute approximate surface area is 156 Å². The van der Waals surface area contributed by atoms with E-state index < -0.39 is 10.8 Å². The van der Waals surface area contributed by atoms with E-state index in [1.54, 1.807) is 38.1 Å². The molecule has 0 aliphatic rings. The highest BCUT2D eigenvalue weighted by Gasteiger charge is 2.17. The van der Waals surface area contributed by atoms with Gasteiger partial charge in [-0.1, -0.05) is 26.0 Å². The van der Waals surface area contributed by atoms with E-state index in [-0.39, 0.29) is 35.4 Å². The van der Waals surface area contributed by atoms with E-state index in [4.69, 9.17) is 4.74 Å². The topological polar surface area (TPSA) is 111 Å². The van der Waals surface area contributed by atoms with Gasteiger partial charge in [0.05, 0.1) is 17.6 Å². The molecule has 27 heavy (non-hydrogen) atoms. The fourth-order valence-electron chi connectivity index (χ4n) is 2.31. The fourth-order valence-corrected chi connectivity index (χ4v) is 2.31. The van der Waals surface area contributed by atoms with Crippen molar-refractivity contribution in [2.75, 3.05) is 12.4 Å². The minimum atomic E-state index is -0.572. The maximum Gasteiger partial charge on any atom is 0.270 e. The predicted molar refractivity (Wildman–Crippen MR) is 101 cm³/mol. The second-order valence-corrected chi connectivity index (χ2v) is 6.17. The maximum atomic E-state index is 12.4. The number of benzene rings is 2. The van der Waals surface area contributed by atoms with Crippen molar-refractivity contribution in [3.63, 3.8) is 0 Å². The Balaban J connectivity index is 2.11. The van der Waals surface area contributed by atoms with Crippen molar-refractivity contribution in [1.29, 1.82) is 0 Å². The molecular formula is C19H21N3O5. The lowest BCUT2D eigenvalue weighted by atomic mass is 10.1. The van der Waals surface area contributed by atoms with Gasteiger partial charge in [0, 0.05) is 30.3 Å². The number of nitrogens with one attached hydrogen (secondary N) is 2. The van der Waals surface area contributed by atoms with E-state index in [0.717, 1.165) is 5.56 Å². The molecule has 0 unspecified atom stereocenters. The first-order valence-corrected chi connectivity index (χ1v) is 8.32. The second kappa shape index (κ2) is 8.79. The molecule has 142 valence electrons. The Bertz CT molecular complexity index is 864. The fraction of sp³-hybridized carbons (Fsp3) is 0.263. The molecule has 2 amide bonds. The number of hydrogen-bond acceptors (Lipinski definition) is 5. The van der Waals surface area contributed by atoms with Crippen molar-refractivity contribution < 1.29 is 19.2 Å². The average Bonchev–Trinajstić information content (AvgIpc) is 2.65. The maximum absolute atomic E-state index is 12.4. The predicted octanol–water partition coefficient (Wildman–Crippen LogP) is 3.13. The van der Waals surface area contributed by atoms with Gasteiger partial charge in [-0.15, -0.1) is 0 Å². The first-order valence-electron chi connectivity index (χ1n) is 8.32. The number of nitro benzene ring substituents is 1. The second-order valence-electron chi connectivity index (χ2n) is 6.17. The monoisotopic (exact) mass is 371 g/mol. The number of amides is 2. The molecule has 2 N–H and O–H groups in total. The number of carbonyl (C=O) groups excluding carboxylic acids is 2. The Kier molecular flexibility index (Phi) is 6.48. The molecule has 0 bridgehead atoms. The largest absolute Gasteiger partial charge is 0.496 e. The van der Waals surface area contributed by atoms with Crippen molar-refractivity contribution >= 4 is 23.2 Å². The summed E-state index contributed by atoms with van der Waals surface area (Å²) in [6.07, 6.45) is 0. The Hall–Kier alpha value is -3.42. The van der Waals surface area contributed by atoms with Crippen LogP contribution < -0.4 is 15.4 Å². The summed E-state index contributed by atoms with van der Waals surface area (Å²) in [6.45, 7) is 3.79. The molecule has 8 heteroatoms. The van der Waals surface area contributed by atoms with Crippen LogP contribution in [0.1, 0.15) is 29.8 Å². The molecule has 8 nitrogen and oxygen atoms in total. The summed E-state index contributed by atoms with van der Waals surface area (Å²) in [5.41, 5.74) is 1.29. The molecule has 0 heterocycles. The van der Waals surface area contributed by atoms with E-state index in [2.05, 4.69) is 10.6 Å². The zero-order valence-electron chi connectivity index (χ0n) is 15.3. The van der Waals surface area contributed by atoms with Crippen LogP contribution in [0.2, 0.25) is 0 Å². The van der Waals surface area contributed by atoms with Gasteiger partial charge < -0.3 is 15.4 Å². The number of nitrogens with zero attached hydrogens (tertiary/aromatic N) is 1. The van der Waals surface area contributed by atoms with Crippen LogP contribution in [0, 0.1) is 16.0 Å². The average molecular weight is 371 g/mol. The third-order valence-corrected chi connectivity index (χ3v) is 3.81.